The summed E-state index contributed by atoms with van der Waals surface area (Å²) in [5.74, 6) is 2.00. The molecule has 0 atom stereocenters. The molecule has 3 rings (SSSR count). The van der Waals surface area contributed by atoms with Crippen molar-refractivity contribution in [2.75, 3.05) is 18.5 Å². The fraction of sp³-hybridized carbons (Fsp3) is 0.615. The van der Waals surface area contributed by atoms with Crippen molar-refractivity contribution in [3.05, 3.63) is 17.0 Å². The number of carbonyl (C=O) groups excluding carboxylic acids is 1. The highest BCUT2D eigenvalue weighted by Gasteiger charge is 2.28. The van der Waals surface area contributed by atoms with Crippen LogP contribution in [0.2, 0.25) is 5.15 Å². The first-order chi connectivity index (χ1) is 9.11. The molecular weight excluding hydrogens is 264 g/mol. The van der Waals surface area contributed by atoms with Crippen molar-refractivity contribution in [1.29, 1.82) is 0 Å². The quantitative estimate of drug-likeness (QED) is 0.835. The molecule has 1 N–H and O–H groups in total. The molecule has 0 aromatic carbocycles. The molecule has 6 heteroatoms. The van der Waals surface area contributed by atoms with Gasteiger partial charge in [0.1, 0.15) is 16.8 Å². The van der Waals surface area contributed by atoms with Crippen LogP contribution in [-0.4, -0.2) is 35.5 Å². The molecule has 0 saturated heterocycles. The Kier molecular flexibility index (Phi) is 3.31. The number of nitrogens with zero attached hydrogens (tertiary/aromatic N) is 3. The highest BCUT2D eigenvalue weighted by Crippen LogP contribution is 2.39. The van der Waals surface area contributed by atoms with E-state index in [2.05, 4.69) is 15.3 Å². The van der Waals surface area contributed by atoms with Crippen LogP contribution in [0.15, 0.2) is 6.07 Å². The Morgan fingerprint density at radius 1 is 1.42 bits per heavy atom. The average Bonchev–Trinajstić information content (AvgIpc) is 3.22. The molecule has 1 aromatic rings. The molecule has 2 fully saturated rings. The van der Waals surface area contributed by atoms with Crippen LogP contribution in [0.25, 0.3) is 0 Å². The van der Waals surface area contributed by atoms with E-state index in [1.165, 1.54) is 0 Å². The van der Waals surface area contributed by atoms with Crippen LogP contribution in [0.5, 0.6) is 0 Å². The summed E-state index contributed by atoms with van der Waals surface area (Å²) in [5, 5.41) is 3.41. The second kappa shape index (κ2) is 4.96. The summed E-state index contributed by atoms with van der Waals surface area (Å²) < 4.78 is 0. The molecule has 1 heterocycles. The third kappa shape index (κ3) is 3.35. The number of amides is 1. The van der Waals surface area contributed by atoms with Gasteiger partial charge >= 0.3 is 0 Å². The van der Waals surface area contributed by atoms with Gasteiger partial charge < -0.3 is 10.2 Å². The van der Waals surface area contributed by atoms with Crippen molar-refractivity contribution in [1.82, 2.24) is 15.3 Å². The van der Waals surface area contributed by atoms with Crippen LogP contribution in [0.1, 0.15) is 37.4 Å². The molecule has 2 saturated carbocycles. The third-order valence-electron chi connectivity index (χ3n) is 3.36. The Morgan fingerprint density at radius 2 is 2.16 bits per heavy atom. The third-order valence-corrected chi connectivity index (χ3v) is 3.55. The van der Waals surface area contributed by atoms with Crippen molar-refractivity contribution in [3.8, 4) is 0 Å². The van der Waals surface area contributed by atoms with Crippen molar-refractivity contribution < 1.29 is 4.79 Å². The molecule has 0 aliphatic heterocycles. The fourth-order valence-electron chi connectivity index (χ4n) is 1.94. The van der Waals surface area contributed by atoms with Crippen LogP contribution >= 0.6 is 11.6 Å². The summed E-state index contributed by atoms with van der Waals surface area (Å²) in [5.41, 5.74) is 0. The lowest BCUT2D eigenvalue weighted by molar-refractivity contribution is -0.119. The zero-order chi connectivity index (χ0) is 13.4. The average molecular weight is 281 g/mol. The molecule has 0 radical (unpaired) electrons. The van der Waals surface area contributed by atoms with Gasteiger partial charge in [-0.25, -0.2) is 9.97 Å². The minimum atomic E-state index is 0.0349. The van der Waals surface area contributed by atoms with Crippen molar-refractivity contribution in [2.24, 2.45) is 0 Å². The number of nitrogens with one attached hydrogen (secondary N) is 1. The number of likely N-dealkylation sites (N-methyl/N-ethyl adjacent to an activating group) is 1. The van der Waals surface area contributed by atoms with Crippen molar-refractivity contribution in [3.63, 3.8) is 0 Å². The lowest BCUT2D eigenvalue weighted by Crippen LogP contribution is -2.36. The van der Waals surface area contributed by atoms with Gasteiger partial charge in [0.05, 0.1) is 6.54 Å². The van der Waals surface area contributed by atoms with Crippen LogP contribution in [0, 0.1) is 0 Å². The van der Waals surface area contributed by atoms with Gasteiger partial charge in [-0.3, -0.25) is 4.79 Å². The van der Waals surface area contributed by atoms with Gasteiger partial charge in [-0.2, -0.15) is 0 Å². The molecule has 1 aromatic heterocycles. The molecule has 0 bridgehead atoms. The zero-order valence-electron chi connectivity index (χ0n) is 10.9. The van der Waals surface area contributed by atoms with E-state index in [1.807, 2.05) is 11.9 Å². The molecule has 0 spiro atoms. The number of hydrogen-bond acceptors (Lipinski definition) is 4. The SMILES string of the molecule is CN(CC(=O)NC1CC1)c1cc(Cl)nc(C2CC2)n1. The Balaban J connectivity index is 1.67. The molecule has 2 aliphatic carbocycles. The molecule has 0 unspecified atom stereocenters. The molecular formula is C13H17ClN4O. The minimum absolute atomic E-state index is 0.0349. The highest BCUT2D eigenvalue weighted by atomic mass is 35.5. The maximum absolute atomic E-state index is 11.8. The van der Waals surface area contributed by atoms with E-state index in [-0.39, 0.29) is 5.91 Å². The van der Waals surface area contributed by atoms with Gasteiger partial charge in [0.2, 0.25) is 5.91 Å². The predicted molar refractivity (Wildman–Crippen MR) is 73.5 cm³/mol. The number of hydrogen-bond donors (Lipinski definition) is 1. The summed E-state index contributed by atoms with van der Waals surface area (Å²) >= 11 is 6.02. The van der Waals surface area contributed by atoms with Crippen LogP contribution in [-0.2, 0) is 4.79 Å². The zero-order valence-corrected chi connectivity index (χ0v) is 11.7. The predicted octanol–water partition coefficient (Wildman–Crippen LogP) is 1.72. The summed E-state index contributed by atoms with van der Waals surface area (Å²) in [4.78, 5) is 22.3. The monoisotopic (exact) mass is 280 g/mol. The van der Waals surface area contributed by atoms with Gasteiger partial charge in [0.15, 0.2) is 0 Å². The summed E-state index contributed by atoms with van der Waals surface area (Å²) in [6.07, 6.45) is 4.46. The fourth-order valence-corrected chi connectivity index (χ4v) is 2.12. The number of aromatic nitrogens is 2. The Morgan fingerprint density at radius 3 is 2.79 bits per heavy atom. The minimum Gasteiger partial charge on any atom is -0.352 e. The first kappa shape index (κ1) is 12.7. The van der Waals surface area contributed by atoms with E-state index in [1.54, 1.807) is 6.07 Å². The number of carbonyl (C=O) groups is 1. The standard InChI is InChI=1S/C13H17ClN4O/c1-18(7-12(19)15-9-4-5-9)11-6-10(14)16-13(17-11)8-2-3-8/h6,8-9H,2-5,7H2,1H3,(H,15,19). The van der Waals surface area contributed by atoms with Crippen molar-refractivity contribution in [2.45, 2.75) is 37.6 Å². The Labute approximate surface area is 117 Å². The Hall–Kier alpha value is -1.36. The molecule has 19 heavy (non-hydrogen) atoms. The summed E-state index contributed by atoms with van der Waals surface area (Å²) in [6.45, 7) is 0.300. The summed E-state index contributed by atoms with van der Waals surface area (Å²) in [7, 11) is 1.85. The van der Waals surface area contributed by atoms with Crippen LogP contribution < -0.4 is 10.2 Å². The van der Waals surface area contributed by atoms with E-state index in [9.17, 15) is 4.79 Å². The second-order valence-electron chi connectivity index (χ2n) is 5.38. The van der Waals surface area contributed by atoms with E-state index in [0.717, 1.165) is 31.5 Å². The van der Waals surface area contributed by atoms with E-state index >= 15 is 0 Å². The van der Waals surface area contributed by atoms with Gasteiger partial charge in [-0.1, -0.05) is 11.6 Å². The summed E-state index contributed by atoms with van der Waals surface area (Å²) in [6, 6.07) is 2.09. The largest absolute Gasteiger partial charge is 0.352 e. The lowest BCUT2D eigenvalue weighted by atomic mass is 10.3. The first-order valence-electron chi connectivity index (χ1n) is 6.67. The molecule has 1 amide bonds. The van der Waals surface area contributed by atoms with E-state index in [0.29, 0.717) is 29.5 Å². The topological polar surface area (TPSA) is 58.1 Å². The van der Waals surface area contributed by atoms with Gasteiger partial charge in [-0.15, -0.1) is 0 Å². The molecule has 5 nitrogen and oxygen atoms in total. The van der Waals surface area contributed by atoms with Crippen LogP contribution in [0.4, 0.5) is 5.82 Å². The van der Waals surface area contributed by atoms with Gasteiger partial charge in [-0.05, 0) is 25.7 Å². The number of anilines is 1. The molecule has 102 valence electrons. The van der Waals surface area contributed by atoms with Crippen LogP contribution in [0.3, 0.4) is 0 Å². The molecule has 2 aliphatic rings. The maximum atomic E-state index is 11.8. The Bertz CT molecular complexity index is 499. The maximum Gasteiger partial charge on any atom is 0.239 e. The second-order valence-corrected chi connectivity index (χ2v) is 5.77. The smallest absolute Gasteiger partial charge is 0.239 e. The van der Waals surface area contributed by atoms with E-state index < -0.39 is 0 Å². The van der Waals surface area contributed by atoms with E-state index in [4.69, 9.17) is 11.6 Å². The normalized spacial score (nSPS) is 18.2. The van der Waals surface area contributed by atoms with Crippen molar-refractivity contribution >= 4 is 23.3 Å². The van der Waals surface area contributed by atoms with Gasteiger partial charge in [0.25, 0.3) is 0 Å². The number of halogens is 1. The van der Waals surface area contributed by atoms with Gasteiger partial charge in [0, 0.05) is 25.1 Å². The number of rotatable bonds is 5. The lowest BCUT2D eigenvalue weighted by Gasteiger charge is -2.18. The highest BCUT2D eigenvalue weighted by molar-refractivity contribution is 6.29. The first-order valence-corrected chi connectivity index (χ1v) is 7.04.